The molecule has 0 bridgehead atoms. The number of ether oxygens (including phenoxy) is 4. The lowest BCUT2D eigenvalue weighted by atomic mass is 10.1. The van der Waals surface area contributed by atoms with Crippen LogP contribution in [0.1, 0.15) is 59.3 Å². The fourth-order valence-corrected chi connectivity index (χ4v) is 3.12. The van der Waals surface area contributed by atoms with E-state index in [1.807, 2.05) is 12.1 Å². The number of aromatic nitrogens is 3. The number of amides is 1. The molecule has 164 valence electrons. The predicted octanol–water partition coefficient (Wildman–Crippen LogP) is 3.86. The Labute approximate surface area is 174 Å². The number of nitrogens with one attached hydrogen (secondary N) is 1. The van der Waals surface area contributed by atoms with Crippen molar-refractivity contribution in [2.45, 2.75) is 71.4 Å². The Balaban J connectivity index is 1.63. The number of anilines is 1. The molecule has 3 heterocycles. The number of rotatable bonds is 5. The molecule has 1 N–H and O–H groups in total. The van der Waals surface area contributed by atoms with Gasteiger partial charge in [0.1, 0.15) is 30.2 Å². The standard InChI is InChI=1S/C20H28N4O6/c1-12(2)28-18(25)23-17-15-8-7-14(24(15)22-11-21-17)16-9-6-13(29-16)10-27-19(26)30-20(3,4)5/h7-8,11-13,16H,6,9-10H2,1-5H3,(H,21,22,23,25). The molecule has 1 saturated heterocycles. The van der Waals surface area contributed by atoms with E-state index in [-0.39, 0.29) is 24.9 Å². The van der Waals surface area contributed by atoms with Crippen molar-refractivity contribution in [3.8, 4) is 0 Å². The van der Waals surface area contributed by atoms with Crippen LogP contribution < -0.4 is 5.32 Å². The first-order valence-corrected chi connectivity index (χ1v) is 9.94. The van der Waals surface area contributed by atoms with Gasteiger partial charge in [-0.1, -0.05) is 0 Å². The molecule has 0 aromatic carbocycles. The third-order valence-corrected chi connectivity index (χ3v) is 4.26. The van der Waals surface area contributed by atoms with Crippen molar-refractivity contribution in [3.63, 3.8) is 0 Å². The average molecular weight is 420 g/mol. The summed E-state index contributed by atoms with van der Waals surface area (Å²) in [4.78, 5) is 27.8. The molecule has 3 rings (SSSR count). The zero-order valence-electron chi connectivity index (χ0n) is 17.9. The largest absolute Gasteiger partial charge is 0.508 e. The lowest BCUT2D eigenvalue weighted by Crippen LogP contribution is -2.27. The molecule has 0 saturated carbocycles. The van der Waals surface area contributed by atoms with Crippen LogP contribution in [-0.4, -0.2) is 51.3 Å². The topological polar surface area (TPSA) is 113 Å². The Morgan fingerprint density at radius 3 is 2.77 bits per heavy atom. The van der Waals surface area contributed by atoms with Gasteiger partial charge in [0.15, 0.2) is 5.82 Å². The van der Waals surface area contributed by atoms with E-state index in [0.717, 1.165) is 18.5 Å². The van der Waals surface area contributed by atoms with E-state index in [0.29, 0.717) is 11.3 Å². The Kier molecular flexibility index (Phi) is 6.45. The first kappa shape index (κ1) is 21.8. The van der Waals surface area contributed by atoms with E-state index in [2.05, 4.69) is 15.4 Å². The highest BCUT2D eigenvalue weighted by molar-refractivity contribution is 5.88. The molecule has 0 radical (unpaired) electrons. The third-order valence-electron chi connectivity index (χ3n) is 4.26. The summed E-state index contributed by atoms with van der Waals surface area (Å²) >= 11 is 0. The SMILES string of the molecule is CC(C)OC(=O)Nc1ncnn2c(C3CCC(COC(=O)OC(C)(C)C)O3)ccc12. The smallest absolute Gasteiger partial charge is 0.447 e. The second kappa shape index (κ2) is 8.86. The Morgan fingerprint density at radius 1 is 1.30 bits per heavy atom. The lowest BCUT2D eigenvalue weighted by molar-refractivity contribution is -0.0410. The van der Waals surface area contributed by atoms with Crippen molar-refractivity contribution in [1.82, 2.24) is 14.6 Å². The predicted molar refractivity (Wildman–Crippen MR) is 107 cm³/mol. The summed E-state index contributed by atoms with van der Waals surface area (Å²) in [6.45, 7) is 9.00. The fourth-order valence-electron chi connectivity index (χ4n) is 3.12. The molecule has 2 unspecified atom stereocenters. The van der Waals surface area contributed by atoms with Gasteiger partial charge in [-0.2, -0.15) is 5.10 Å². The Morgan fingerprint density at radius 2 is 2.07 bits per heavy atom. The van der Waals surface area contributed by atoms with Crippen LogP contribution in [-0.2, 0) is 18.9 Å². The van der Waals surface area contributed by atoms with Gasteiger partial charge in [-0.3, -0.25) is 5.32 Å². The van der Waals surface area contributed by atoms with Gasteiger partial charge in [-0.15, -0.1) is 0 Å². The van der Waals surface area contributed by atoms with E-state index in [1.54, 1.807) is 39.1 Å². The van der Waals surface area contributed by atoms with E-state index in [4.69, 9.17) is 18.9 Å². The highest BCUT2D eigenvalue weighted by Gasteiger charge is 2.30. The number of hydrogen-bond donors (Lipinski definition) is 1. The van der Waals surface area contributed by atoms with Crippen LogP contribution in [0.25, 0.3) is 5.52 Å². The number of fused-ring (bicyclic) bond motifs is 1. The van der Waals surface area contributed by atoms with Crippen LogP contribution >= 0.6 is 0 Å². The third kappa shape index (κ3) is 5.59. The van der Waals surface area contributed by atoms with Crippen molar-refractivity contribution in [2.24, 2.45) is 0 Å². The van der Waals surface area contributed by atoms with Crippen LogP contribution in [0.15, 0.2) is 18.5 Å². The second-order valence-electron chi connectivity index (χ2n) is 8.34. The van der Waals surface area contributed by atoms with Gasteiger partial charge < -0.3 is 18.9 Å². The fraction of sp³-hybridized carbons (Fsp3) is 0.600. The molecule has 0 aliphatic carbocycles. The molecular formula is C20H28N4O6. The van der Waals surface area contributed by atoms with Crippen LogP contribution in [0, 0.1) is 0 Å². The summed E-state index contributed by atoms with van der Waals surface area (Å²) in [6.07, 6.45) is 0.869. The number of carbonyl (C=O) groups excluding carboxylic acids is 2. The zero-order chi connectivity index (χ0) is 21.9. The quantitative estimate of drug-likeness (QED) is 0.726. The number of carbonyl (C=O) groups is 2. The molecule has 10 heteroatoms. The Bertz CT molecular complexity index is 904. The highest BCUT2D eigenvalue weighted by atomic mass is 16.7. The minimum Gasteiger partial charge on any atom is -0.447 e. The molecule has 2 atom stereocenters. The molecular weight excluding hydrogens is 392 g/mol. The summed E-state index contributed by atoms with van der Waals surface area (Å²) in [5, 5.41) is 6.92. The van der Waals surface area contributed by atoms with Gasteiger partial charge in [-0.05, 0) is 59.6 Å². The molecule has 1 amide bonds. The maximum Gasteiger partial charge on any atom is 0.508 e. The summed E-state index contributed by atoms with van der Waals surface area (Å²) in [5.74, 6) is 0.352. The van der Waals surface area contributed by atoms with Gasteiger partial charge in [0.25, 0.3) is 0 Å². The first-order valence-electron chi connectivity index (χ1n) is 9.94. The lowest BCUT2D eigenvalue weighted by Gasteiger charge is -2.20. The minimum absolute atomic E-state index is 0.123. The van der Waals surface area contributed by atoms with Gasteiger partial charge in [0.05, 0.1) is 17.9 Å². The van der Waals surface area contributed by atoms with Crippen molar-refractivity contribution in [2.75, 3.05) is 11.9 Å². The minimum atomic E-state index is -0.709. The molecule has 1 fully saturated rings. The monoisotopic (exact) mass is 420 g/mol. The van der Waals surface area contributed by atoms with Crippen molar-refractivity contribution in [1.29, 1.82) is 0 Å². The summed E-state index contributed by atoms with van der Waals surface area (Å²) in [7, 11) is 0. The van der Waals surface area contributed by atoms with E-state index in [9.17, 15) is 9.59 Å². The molecule has 30 heavy (non-hydrogen) atoms. The van der Waals surface area contributed by atoms with Crippen molar-refractivity contribution < 1.29 is 28.5 Å². The van der Waals surface area contributed by atoms with Gasteiger partial charge in [0.2, 0.25) is 0 Å². The molecule has 1 aliphatic rings. The molecule has 2 aromatic rings. The van der Waals surface area contributed by atoms with Crippen LogP contribution in [0.4, 0.5) is 15.4 Å². The van der Waals surface area contributed by atoms with Gasteiger partial charge in [-0.25, -0.2) is 19.1 Å². The number of hydrogen-bond acceptors (Lipinski definition) is 8. The summed E-state index contributed by atoms with van der Waals surface area (Å²) in [5.41, 5.74) is 0.853. The maximum atomic E-state index is 11.9. The normalized spacial score (nSPS) is 19.1. The Hall–Kier alpha value is -2.88. The molecule has 2 aromatic heterocycles. The molecule has 0 spiro atoms. The second-order valence-corrected chi connectivity index (χ2v) is 8.34. The van der Waals surface area contributed by atoms with Gasteiger partial charge in [0, 0.05) is 0 Å². The van der Waals surface area contributed by atoms with Crippen molar-refractivity contribution in [3.05, 3.63) is 24.2 Å². The summed E-state index contributed by atoms with van der Waals surface area (Å²) < 4.78 is 23.1. The zero-order valence-corrected chi connectivity index (χ0v) is 17.9. The molecule has 10 nitrogen and oxygen atoms in total. The highest BCUT2D eigenvalue weighted by Crippen LogP contribution is 2.34. The first-order chi connectivity index (χ1) is 14.1. The van der Waals surface area contributed by atoms with Crippen molar-refractivity contribution >= 4 is 23.6 Å². The van der Waals surface area contributed by atoms with E-state index in [1.165, 1.54) is 6.33 Å². The summed E-state index contributed by atoms with van der Waals surface area (Å²) in [6, 6.07) is 3.69. The van der Waals surface area contributed by atoms with Crippen LogP contribution in [0.2, 0.25) is 0 Å². The van der Waals surface area contributed by atoms with Crippen LogP contribution in [0.5, 0.6) is 0 Å². The molecule has 1 aliphatic heterocycles. The maximum absolute atomic E-state index is 11.9. The average Bonchev–Trinajstić information content (AvgIpc) is 3.24. The van der Waals surface area contributed by atoms with Gasteiger partial charge >= 0.3 is 12.2 Å². The van der Waals surface area contributed by atoms with E-state index < -0.39 is 17.8 Å². The number of nitrogens with zero attached hydrogens (tertiary/aromatic N) is 3. The van der Waals surface area contributed by atoms with E-state index >= 15 is 0 Å². The van der Waals surface area contributed by atoms with Crippen LogP contribution in [0.3, 0.4) is 0 Å².